The van der Waals surface area contributed by atoms with Gasteiger partial charge in [-0.25, -0.2) is 0 Å². The zero-order valence-electron chi connectivity index (χ0n) is 10.7. The van der Waals surface area contributed by atoms with Crippen molar-refractivity contribution in [2.24, 2.45) is 10.9 Å². The van der Waals surface area contributed by atoms with Crippen molar-refractivity contribution in [1.29, 1.82) is 0 Å². The van der Waals surface area contributed by atoms with E-state index in [4.69, 9.17) is 9.47 Å². The molecule has 17 heavy (non-hydrogen) atoms. The van der Waals surface area contributed by atoms with E-state index in [1.165, 1.54) is 12.8 Å². The monoisotopic (exact) mass is 357 g/mol. The molecule has 2 N–H and O–H groups in total. The number of nitrogens with one attached hydrogen (secondary N) is 2. The van der Waals surface area contributed by atoms with Crippen LogP contribution in [0.2, 0.25) is 0 Å². The number of hydrogen-bond acceptors (Lipinski definition) is 3. The minimum absolute atomic E-state index is 0. The normalized spacial score (nSPS) is 15.3. The van der Waals surface area contributed by atoms with Crippen LogP contribution in [0.1, 0.15) is 12.8 Å². The van der Waals surface area contributed by atoms with Crippen molar-refractivity contribution >= 4 is 29.9 Å². The molecule has 102 valence electrons. The highest BCUT2D eigenvalue weighted by Crippen LogP contribution is 2.27. The Morgan fingerprint density at radius 3 is 2.59 bits per heavy atom. The molecule has 0 heterocycles. The zero-order chi connectivity index (χ0) is 11.6. The summed E-state index contributed by atoms with van der Waals surface area (Å²) in [5.74, 6) is 1.72. The minimum Gasteiger partial charge on any atom is -0.382 e. The standard InChI is InChI=1S/C11H23N3O2.HI/c1-12-11(14-9-10-3-4-10)13-5-6-16-8-7-15-2;/h10H,3-9H2,1-2H3,(H2,12,13,14);1H. The van der Waals surface area contributed by atoms with Gasteiger partial charge in [-0.1, -0.05) is 0 Å². The van der Waals surface area contributed by atoms with Gasteiger partial charge < -0.3 is 20.1 Å². The first kappa shape index (κ1) is 16.9. The second-order valence-electron chi connectivity index (χ2n) is 3.93. The molecular weight excluding hydrogens is 333 g/mol. The Hall–Kier alpha value is -0.0800. The van der Waals surface area contributed by atoms with Gasteiger partial charge in [-0.05, 0) is 18.8 Å². The number of hydrogen-bond donors (Lipinski definition) is 2. The number of guanidine groups is 1. The molecule has 0 aromatic heterocycles. The summed E-state index contributed by atoms with van der Waals surface area (Å²) in [5, 5.41) is 6.49. The topological polar surface area (TPSA) is 54.9 Å². The molecule has 0 saturated heterocycles. The van der Waals surface area contributed by atoms with E-state index in [2.05, 4.69) is 15.6 Å². The molecule has 1 rings (SSSR count). The Bertz CT molecular complexity index is 211. The molecule has 0 spiro atoms. The molecule has 1 fully saturated rings. The molecule has 5 nitrogen and oxygen atoms in total. The second-order valence-corrected chi connectivity index (χ2v) is 3.93. The third-order valence-corrected chi connectivity index (χ3v) is 2.45. The summed E-state index contributed by atoms with van der Waals surface area (Å²) in [5.41, 5.74) is 0. The van der Waals surface area contributed by atoms with Crippen molar-refractivity contribution in [1.82, 2.24) is 10.6 Å². The molecule has 0 radical (unpaired) electrons. The van der Waals surface area contributed by atoms with Gasteiger partial charge in [0.25, 0.3) is 0 Å². The maximum Gasteiger partial charge on any atom is 0.191 e. The number of methoxy groups -OCH3 is 1. The SMILES string of the molecule is CN=C(NCCOCCOC)NCC1CC1.I. The fourth-order valence-corrected chi connectivity index (χ4v) is 1.27. The Labute approximate surface area is 121 Å². The number of aliphatic imine (C=N–C) groups is 1. The molecule has 0 unspecified atom stereocenters. The van der Waals surface area contributed by atoms with Crippen LogP contribution in [0.5, 0.6) is 0 Å². The molecular formula is C11H24IN3O2. The van der Waals surface area contributed by atoms with Crippen LogP contribution in [0, 0.1) is 5.92 Å². The average Bonchev–Trinajstić information content (AvgIpc) is 3.11. The van der Waals surface area contributed by atoms with Gasteiger partial charge in [-0.15, -0.1) is 24.0 Å². The number of rotatable bonds is 8. The summed E-state index contributed by atoms with van der Waals surface area (Å²) >= 11 is 0. The van der Waals surface area contributed by atoms with E-state index in [0.717, 1.165) is 25.0 Å². The summed E-state index contributed by atoms with van der Waals surface area (Å²) in [4.78, 5) is 4.14. The Kier molecular flexibility index (Phi) is 11.0. The fraction of sp³-hybridized carbons (Fsp3) is 0.909. The molecule has 0 atom stereocenters. The van der Waals surface area contributed by atoms with Crippen LogP contribution < -0.4 is 10.6 Å². The summed E-state index contributed by atoms with van der Waals surface area (Å²) in [6.45, 7) is 3.77. The third-order valence-electron chi connectivity index (χ3n) is 2.45. The van der Waals surface area contributed by atoms with Crippen LogP contribution in [-0.4, -0.2) is 53.0 Å². The lowest BCUT2D eigenvalue weighted by molar-refractivity contribution is 0.0733. The predicted molar refractivity (Wildman–Crippen MR) is 80.2 cm³/mol. The van der Waals surface area contributed by atoms with E-state index in [1.807, 2.05) is 0 Å². The Morgan fingerprint density at radius 2 is 2.00 bits per heavy atom. The van der Waals surface area contributed by atoms with Gasteiger partial charge in [0.2, 0.25) is 0 Å². The smallest absolute Gasteiger partial charge is 0.191 e. The first-order chi connectivity index (χ1) is 7.86. The number of halogens is 1. The predicted octanol–water partition coefficient (Wildman–Crippen LogP) is 0.842. The molecule has 1 saturated carbocycles. The lowest BCUT2D eigenvalue weighted by Crippen LogP contribution is -2.39. The first-order valence-electron chi connectivity index (χ1n) is 5.88. The van der Waals surface area contributed by atoms with E-state index < -0.39 is 0 Å². The van der Waals surface area contributed by atoms with Crippen LogP contribution in [-0.2, 0) is 9.47 Å². The van der Waals surface area contributed by atoms with Crippen LogP contribution >= 0.6 is 24.0 Å². The molecule has 6 heteroatoms. The van der Waals surface area contributed by atoms with E-state index in [-0.39, 0.29) is 24.0 Å². The van der Waals surface area contributed by atoms with Crippen LogP contribution in [0.15, 0.2) is 4.99 Å². The van der Waals surface area contributed by atoms with Gasteiger partial charge in [-0.3, -0.25) is 4.99 Å². The highest BCUT2D eigenvalue weighted by Gasteiger charge is 2.20. The van der Waals surface area contributed by atoms with Gasteiger partial charge in [0.05, 0.1) is 19.8 Å². The Morgan fingerprint density at radius 1 is 1.24 bits per heavy atom. The van der Waals surface area contributed by atoms with Gasteiger partial charge in [0.15, 0.2) is 5.96 Å². The van der Waals surface area contributed by atoms with Crippen molar-refractivity contribution in [3.63, 3.8) is 0 Å². The first-order valence-corrected chi connectivity index (χ1v) is 5.88. The summed E-state index contributed by atoms with van der Waals surface area (Å²) in [7, 11) is 3.46. The number of ether oxygens (including phenoxy) is 2. The molecule has 1 aliphatic carbocycles. The van der Waals surface area contributed by atoms with Crippen molar-refractivity contribution in [2.75, 3.05) is 47.1 Å². The molecule has 0 aromatic rings. The fourth-order valence-electron chi connectivity index (χ4n) is 1.27. The van der Waals surface area contributed by atoms with Crippen LogP contribution in [0.25, 0.3) is 0 Å². The summed E-state index contributed by atoms with van der Waals surface area (Å²) in [6.07, 6.45) is 2.70. The minimum atomic E-state index is 0. The largest absolute Gasteiger partial charge is 0.382 e. The zero-order valence-corrected chi connectivity index (χ0v) is 13.0. The molecule has 1 aliphatic rings. The lowest BCUT2D eigenvalue weighted by Gasteiger charge is -2.11. The van der Waals surface area contributed by atoms with Crippen LogP contribution in [0.4, 0.5) is 0 Å². The molecule has 0 amide bonds. The average molecular weight is 357 g/mol. The maximum absolute atomic E-state index is 5.34. The highest BCUT2D eigenvalue weighted by molar-refractivity contribution is 14.0. The quantitative estimate of drug-likeness (QED) is 0.293. The summed E-state index contributed by atoms with van der Waals surface area (Å²) < 4.78 is 10.2. The highest BCUT2D eigenvalue weighted by atomic mass is 127. The van der Waals surface area contributed by atoms with E-state index >= 15 is 0 Å². The second kappa shape index (κ2) is 11.0. The van der Waals surface area contributed by atoms with Gasteiger partial charge in [0, 0.05) is 27.2 Å². The van der Waals surface area contributed by atoms with E-state index in [0.29, 0.717) is 19.8 Å². The lowest BCUT2D eigenvalue weighted by atomic mass is 10.4. The molecule has 0 aliphatic heterocycles. The maximum atomic E-state index is 5.34. The van der Waals surface area contributed by atoms with Crippen molar-refractivity contribution in [3.8, 4) is 0 Å². The molecule has 0 aromatic carbocycles. The Balaban J connectivity index is 0.00000256. The van der Waals surface area contributed by atoms with E-state index in [9.17, 15) is 0 Å². The van der Waals surface area contributed by atoms with Gasteiger partial charge >= 0.3 is 0 Å². The van der Waals surface area contributed by atoms with Crippen molar-refractivity contribution in [2.45, 2.75) is 12.8 Å². The van der Waals surface area contributed by atoms with Gasteiger partial charge in [0.1, 0.15) is 0 Å². The number of nitrogens with zero attached hydrogens (tertiary/aromatic N) is 1. The van der Waals surface area contributed by atoms with Crippen LogP contribution in [0.3, 0.4) is 0 Å². The third kappa shape index (κ3) is 9.61. The van der Waals surface area contributed by atoms with E-state index in [1.54, 1.807) is 14.2 Å². The molecule has 0 bridgehead atoms. The van der Waals surface area contributed by atoms with Gasteiger partial charge in [-0.2, -0.15) is 0 Å². The van der Waals surface area contributed by atoms with Crippen molar-refractivity contribution < 1.29 is 9.47 Å². The van der Waals surface area contributed by atoms with Crippen molar-refractivity contribution in [3.05, 3.63) is 0 Å². The summed E-state index contributed by atoms with van der Waals surface area (Å²) in [6, 6.07) is 0.